The Kier molecular flexibility index (Phi) is 4.96. The van der Waals surface area contributed by atoms with Gasteiger partial charge in [0.1, 0.15) is 0 Å². The molecule has 1 heterocycles. The van der Waals surface area contributed by atoms with E-state index in [1.54, 1.807) is 11.3 Å². The monoisotopic (exact) mass is 393 g/mol. The summed E-state index contributed by atoms with van der Waals surface area (Å²) in [5, 5.41) is 3.71. The van der Waals surface area contributed by atoms with E-state index in [4.69, 9.17) is 0 Å². The third kappa shape index (κ3) is 3.02. The number of rotatable bonds is 4. The smallest absolute Gasteiger partial charge is 0.0758 e. The summed E-state index contributed by atoms with van der Waals surface area (Å²) in [6.45, 7) is 8.07. The van der Waals surface area contributed by atoms with Gasteiger partial charge in [-0.05, 0) is 74.2 Å². The van der Waals surface area contributed by atoms with Crippen LogP contribution in [0.1, 0.15) is 51.6 Å². The zero-order valence-electron chi connectivity index (χ0n) is 11.2. The predicted octanol–water partition coefficient (Wildman–Crippen LogP) is 5.75. The van der Waals surface area contributed by atoms with Crippen molar-refractivity contribution in [3.05, 3.63) is 19.2 Å². The van der Waals surface area contributed by atoms with Gasteiger partial charge in [-0.1, -0.05) is 27.2 Å². The molecule has 0 bridgehead atoms. The molecule has 2 unspecified atom stereocenters. The van der Waals surface area contributed by atoms with Gasteiger partial charge in [-0.25, -0.2) is 0 Å². The molecule has 1 saturated carbocycles. The highest BCUT2D eigenvalue weighted by molar-refractivity contribution is 9.12. The summed E-state index contributed by atoms with van der Waals surface area (Å²) in [7, 11) is 0. The fourth-order valence-electron chi connectivity index (χ4n) is 3.23. The molecule has 4 heteroatoms. The number of thiophene rings is 1. The minimum Gasteiger partial charge on any atom is -0.310 e. The molecule has 1 N–H and O–H groups in total. The fraction of sp³-hybridized carbons (Fsp3) is 0.714. The van der Waals surface area contributed by atoms with Crippen molar-refractivity contribution in [1.82, 2.24) is 5.32 Å². The lowest BCUT2D eigenvalue weighted by molar-refractivity contribution is 0.199. The van der Waals surface area contributed by atoms with Crippen molar-refractivity contribution in [3.8, 4) is 0 Å². The van der Waals surface area contributed by atoms with E-state index in [0.29, 0.717) is 11.5 Å². The molecular weight excluding hydrogens is 374 g/mol. The summed E-state index contributed by atoms with van der Waals surface area (Å²) in [6.07, 6.45) is 4.05. The van der Waals surface area contributed by atoms with E-state index < -0.39 is 0 Å². The normalized spacial score (nSPS) is 24.4. The maximum absolute atomic E-state index is 3.72. The molecule has 1 aromatic heterocycles. The van der Waals surface area contributed by atoms with E-state index in [9.17, 15) is 0 Å². The molecule has 1 aliphatic rings. The van der Waals surface area contributed by atoms with E-state index in [1.165, 1.54) is 32.4 Å². The standard InChI is InChI=1S/C14H21Br2NS/c1-4-17-12(9-8-11(15)18-13(9)16)10-6-5-7-14(10,2)3/h8,10,12,17H,4-7H2,1-3H3. The first-order valence-corrected chi connectivity index (χ1v) is 9.04. The van der Waals surface area contributed by atoms with Crippen LogP contribution in [-0.4, -0.2) is 6.54 Å². The maximum atomic E-state index is 3.72. The van der Waals surface area contributed by atoms with Gasteiger partial charge in [0.25, 0.3) is 0 Å². The Bertz CT molecular complexity index is 414. The van der Waals surface area contributed by atoms with Crippen LogP contribution >= 0.6 is 43.2 Å². The van der Waals surface area contributed by atoms with Gasteiger partial charge in [0.15, 0.2) is 0 Å². The largest absolute Gasteiger partial charge is 0.310 e. The van der Waals surface area contributed by atoms with Crippen molar-refractivity contribution in [3.63, 3.8) is 0 Å². The third-order valence-corrected chi connectivity index (χ3v) is 6.57. The van der Waals surface area contributed by atoms with Crippen molar-refractivity contribution in [2.24, 2.45) is 11.3 Å². The fourth-order valence-corrected chi connectivity index (χ4v) is 6.15. The van der Waals surface area contributed by atoms with E-state index in [-0.39, 0.29) is 0 Å². The van der Waals surface area contributed by atoms with Crippen LogP contribution < -0.4 is 5.32 Å². The molecule has 0 radical (unpaired) electrons. The van der Waals surface area contributed by atoms with Crippen LogP contribution in [0.15, 0.2) is 13.6 Å². The van der Waals surface area contributed by atoms with Crippen LogP contribution in [0.3, 0.4) is 0 Å². The molecule has 0 saturated heterocycles. The Morgan fingerprint density at radius 1 is 1.50 bits per heavy atom. The molecular formula is C14H21Br2NS. The first-order chi connectivity index (χ1) is 8.45. The van der Waals surface area contributed by atoms with Gasteiger partial charge in [-0.15, -0.1) is 11.3 Å². The van der Waals surface area contributed by atoms with Gasteiger partial charge >= 0.3 is 0 Å². The number of nitrogens with one attached hydrogen (secondary N) is 1. The molecule has 2 rings (SSSR count). The molecule has 0 aromatic carbocycles. The van der Waals surface area contributed by atoms with Crippen molar-refractivity contribution in [2.75, 3.05) is 6.54 Å². The van der Waals surface area contributed by atoms with Crippen LogP contribution in [0.5, 0.6) is 0 Å². The Hall–Kier alpha value is 0.620. The van der Waals surface area contributed by atoms with Gasteiger partial charge in [0.2, 0.25) is 0 Å². The number of hydrogen-bond acceptors (Lipinski definition) is 2. The first-order valence-electron chi connectivity index (χ1n) is 6.64. The van der Waals surface area contributed by atoms with Crippen molar-refractivity contribution >= 4 is 43.2 Å². The molecule has 1 aliphatic carbocycles. The minimum absolute atomic E-state index is 0.445. The van der Waals surface area contributed by atoms with Crippen LogP contribution in [-0.2, 0) is 0 Å². The predicted molar refractivity (Wildman–Crippen MR) is 87.3 cm³/mol. The summed E-state index contributed by atoms with van der Waals surface area (Å²) >= 11 is 9.10. The Morgan fingerprint density at radius 2 is 2.22 bits per heavy atom. The maximum Gasteiger partial charge on any atom is 0.0758 e. The van der Waals surface area contributed by atoms with E-state index in [1.807, 2.05) is 0 Å². The summed E-state index contributed by atoms with van der Waals surface area (Å²) in [6, 6.07) is 2.75. The summed E-state index contributed by atoms with van der Waals surface area (Å²) in [5.41, 5.74) is 1.87. The molecule has 102 valence electrons. The van der Waals surface area contributed by atoms with Gasteiger partial charge in [0, 0.05) is 6.04 Å². The minimum atomic E-state index is 0.445. The molecule has 1 nitrogen and oxygen atoms in total. The molecule has 1 aromatic rings. The van der Waals surface area contributed by atoms with Crippen molar-refractivity contribution < 1.29 is 0 Å². The molecule has 0 amide bonds. The molecule has 0 spiro atoms. The van der Waals surface area contributed by atoms with Gasteiger partial charge < -0.3 is 5.32 Å². The molecule has 0 aliphatic heterocycles. The lowest BCUT2D eigenvalue weighted by Gasteiger charge is -2.34. The number of halogens is 2. The van der Waals surface area contributed by atoms with Crippen LogP contribution in [0.25, 0.3) is 0 Å². The zero-order valence-corrected chi connectivity index (χ0v) is 15.2. The lowest BCUT2D eigenvalue weighted by Crippen LogP contribution is -2.33. The highest BCUT2D eigenvalue weighted by atomic mass is 79.9. The van der Waals surface area contributed by atoms with Crippen LogP contribution in [0, 0.1) is 11.3 Å². The number of hydrogen-bond donors (Lipinski definition) is 1. The van der Waals surface area contributed by atoms with E-state index in [0.717, 1.165) is 12.5 Å². The van der Waals surface area contributed by atoms with Gasteiger partial charge in [0.05, 0.1) is 7.57 Å². The highest BCUT2D eigenvalue weighted by Gasteiger charge is 2.40. The van der Waals surface area contributed by atoms with Gasteiger partial charge in [-0.3, -0.25) is 0 Å². The zero-order chi connectivity index (χ0) is 13.3. The molecule has 18 heavy (non-hydrogen) atoms. The van der Waals surface area contributed by atoms with Crippen molar-refractivity contribution in [2.45, 2.75) is 46.1 Å². The van der Waals surface area contributed by atoms with Gasteiger partial charge in [-0.2, -0.15) is 0 Å². The molecule has 2 atom stereocenters. The first kappa shape index (κ1) is 15.0. The summed E-state index contributed by atoms with van der Waals surface area (Å²) in [5.74, 6) is 0.732. The average Bonchev–Trinajstić information content (AvgIpc) is 2.78. The van der Waals surface area contributed by atoms with Crippen LogP contribution in [0.2, 0.25) is 0 Å². The SMILES string of the molecule is CCNC(c1cc(Br)sc1Br)C1CCCC1(C)C. The van der Waals surface area contributed by atoms with E-state index in [2.05, 4.69) is 64.0 Å². The summed E-state index contributed by atoms with van der Waals surface area (Å²) < 4.78 is 2.48. The Labute approximate surface area is 131 Å². The van der Waals surface area contributed by atoms with Crippen molar-refractivity contribution in [1.29, 1.82) is 0 Å². The van der Waals surface area contributed by atoms with Crippen LogP contribution in [0.4, 0.5) is 0 Å². The highest BCUT2D eigenvalue weighted by Crippen LogP contribution is 2.50. The Morgan fingerprint density at radius 3 is 2.67 bits per heavy atom. The quantitative estimate of drug-likeness (QED) is 0.685. The molecule has 1 fully saturated rings. The second-order valence-electron chi connectivity index (χ2n) is 5.80. The van der Waals surface area contributed by atoms with E-state index >= 15 is 0 Å². The second kappa shape index (κ2) is 5.94. The average molecular weight is 395 g/mol. The summed E-state index contributed by atoms with van der Waals surface area (Å²) in [4.78, 5) is 0. The third-order valence-electron chi connectivity index (χ3n) is 4.18. The lowest BCUT2D eigenvalue weighted by atomic mass is 9.76. The topological polar surface area (TPSA) is 12.0 Å². The second-order valence-corrected chi connectivity index (χ2v) is 9.55. The Balaban J connectivity index is 2.31.